The van der Waals surface area contributed by atoms with E-state index in [9.17, 15) is 4.79 Å². The molecule has 0 radical (unpaired) electrons. The monoisotopic (exact) mass is 383 g/mol. The zero-order chi connectivity index (χ0) is 19.2. The summed E-state index contributed by atoms with van der Waals surface area (Å²) in [4.78, 5) is 14.3. The first kappa shape index (κ1) is 19.1. The van der Waals surface area contributed by atoms with Crippen molar-refractivity contribution in [1.29, 1.82) is 0 Å². The molecule has 0 aliphatic rings. The Bertz CT molecular complexity index is 895. The Morgan fingerprint density at radius 1 is 1.07 bits per heavy atom. The molecule has 140 valence electrons. The van der Waals surface area contributed by atoms with E-state index in [0.29, 0.717) is 18.2 Å². The molecule has 0 spiro atoms. The quantitative estimate of drug-likeness (QED) is 0.547. The first-order valence-corrected chi connectivity index (χ1v) is 9.48. The third kappa shape index (κ3) is 4.37. The fraction of sp³-hybridized carbons (Fsp3) is 0.286. The van der Waals surface area contributed by atoms with Gasteiger partial charge in [0.1, 0.15) is 11.9 Å². The van der Waals surface area contributed by atoms with Crippen LogP contribution in [0.2, 0.25) is 0 Å². The predicted molar refractivity (Wildman–Crippen MR) is 107 cm³/mol. The summed E-state index contributed by atoms with van der Waals surface area (Å²) in [7, 11) is 0. The van der Waals surface area contributed by atoms with Gasteiger partial charge in [0, 0.05) is 11.3 Å². The Morgan fingerprint density at radius 3 is 2.48 bits per heavy atom. The molecule has 6 heteroatoms. The summed E-state index contributed by atoms with van der Waals surface area (Å²) in [5, 5.41) is 7.72. The van der Waals surface area contributed by atoms with E-state index < -0.39 is 5.38 Å². The predicted octanol–water partition coefficient (Wildman–Crippen LogP) is 4.85. The topological polar surface area (TPSA) is 59.2 Å². The van der Waals surface area contributed by atoms with Crippen molar-refractivity contribution in [3.05, 3.63) is 66.1 Å². The summed E-state index contributed by atoms with van der Waals surface area (Å²) >= 11 is 6.21. The van der Waals surface area contributed by atoms with Crippen LogP contribution in [0.5, 0.6) is 0 Å². The highest BCUT2D eigenvalue weighted by atomic mass is 35.5. The number of hydrogen-bond donors (Lipinski definition) is 0. The molecule has 0 N–H and O–H groups in total. The number of nitrogens with zero attached hydrogens (tertiary/aromatic N) is 3. The Kier molecular flexibility index (Phi) is 6.24. The minimum atomic E-state index is -0.603. The summed E-state index contributed by atoms with van der Waals surface area (Å²) in [6, 6.07) is 17.3. The Hall–Kier alpha value is -2.66. The van der Waals surface area contributed by atoms with Crippen LogP contribution >= 0.6 is 11.6 Å². The zero-order valence-corrected chi connectivity index (χ0v) is 16.2. The molecule has 0 saturated carbocycles. The van der Waals surface area contributed by atoms with Gasteiger partial charge in [-0.2, -0.15) is 0 Å². The van der Waals surface area contributed by atoms with Crippen LogP contribution in [0, 0.1) is 0 Å². The van der Waals surface area contributed by atoms with Gasteiger partial charge in [-0.3, -0.25) is 4.79 Å². The molecule has 1 aromatic heterocycles. The van der Waals surface area contributed by atoms with Crippen molar-refractivity contribution in [2.75, 3.05) is 4.90 Å². The second-order valence-corrected chi connectivity index (χ2v) is 6.67. The third-order valence-electron chi connectivity index (χ3n) is 4.35. The largest absolute Gasteiger partial charge is 0.419 e. The molecular formula is C21H22ClN3O2. The van der Waals surface area contributed by atoms with E-state index in [0.717, 1.165) is 23.2 Å². The van der Waals surface area contributed by atoms with Gasteiger partial charge in [0.05, 0.1) is 0 Å². The number of para-hydroxylation sites is 1. The van der Waals surface area contributed by atoms with Crippen LogP contribution in [0.3, 0.4) is 0 Å². The van der Waals surface area contributed by atoms with E-state index in [1.54, 1.807) is 4.90 Å². The van der Waals surface area contributed by atoms with Crippen LogP contribution in [0.4, 0.5) is 5.69 Å². The first-order chi connectivity index (χ1) is 13.1. The second kappa shape index (κ2) is 8.82. The molecule has 0 saturated heterocycles. The van der Waals surface area contributed by atoms with Crippen molar-refractivity contribution in [3.8, 4) is 11.5 Å². The molecule has 0 aliphatic heterocycles. The number of amides is 1. The van der Waals surface area contributed by atoms with E-state index in [1.165, 1.54) is 0 Å². The molecule has 3 aromatic rings. The molecular weight excluding hydrogens is 362 g/mol. The van der Waals surface area contributed by atoms with E-state index in [2.05, 4.69) is 17.1 Å². The number of anilines is 1. The molecule has 0 bridgehead atoms. The van der Waals surface area contributed by atoms with Gasteiger partial charge >= 0.3 is 0 Å². The smallest absolute Gasteiger partial charge is 0.248 e. The van der Waals surface area contributed by atoms with E-state index >= 15 is 0 Å². The number of halogens is 1. The number of rotatable bonds is 7. The summed E-state index contributed by atoms with van der Waals surface area (Å²) in [5.74, 6) is 0.646. The summed E-state index contributed by atoms with van der Waals surface area (Å²) < 4.78 is 5.87. The van der Waals surface area contributed by atoms with Crippen LogP contribution in [0.25, 0.3) is 11.5 Å². The fourth-order valence-corrected chi connectivity index (χ4v) is 2.96. The van der Waals surface area contributed by atoms with Crippen LogP contribution < -0.4 is 4.90 Å². The average Bonchev–Trinajstić information content (AvgIpc) is 3.20. The fourth-order valence-electron chi connectivity index (χ4n) is 2.85. The standard InChI is InChI=1S/C21H22ClN3O2/c1-3-15-10-8-9-13-17(15)20-24-23-19(27-20)14-25(21(26)18(22)4-2)16-11-6-5-7-12-16/h5-13,18H,3-4,14H2,1-2H3. The van der Waals surface area contributed by atoms with E-state index in [1.807, 2.05) is 61.5 Å². The van der Waals surface area contributed by atoms with Crippen LogP contribution in [0.1, 0.15) is 31.7 Å². The van der Waals surface area contributed by atoms with Crippen LogP contribution in [-0.4, -0.2) is 21.5 Å². The number of benzene rings is 2. The maximum absolute atomic E-state index is 12.8. The van der Waals surface area contributed by atoms with Gasteiger partial charge in [0.2, 0.25) is 17.7 Å². The van der Waals surface area contributed by atoms with Gasteiger partial charge in [-0.1, -0.05) is 50.2 Å². The lowest BCUT2D eigenvalue weighted by Gasteiger charge is -2.23. The van der Waals surface area contributed by atoms with Crippen LogP contribution in [0.15, 0.2) is 59.0 Å². The summed E-state index contributed by atoms with van der Waals surface area (Å²) in [5.41, 5.74) is 2.80. The molecule has 0 fully saturated rings. The number of aromatic nitrogens is 2. The molecule has 1 atom stereocenters. The lowest BCUT2D eigenvalue weighted by Crippen LogP contribution is -2.36. The Morgan fingerprint density at radius 2 is 1.78 bits per heavy atom. The SMILES string of the molecule is CCc1ccccc1-c1nnc(CN(C(=O)C(Cl)CC)c2ccccc2)o1. The zero-order valence-electron chi connectivity index (χ0n) is 15.4. The second-order valence-electron chi connectivity index (χ2n) is 6.15. The van der Waals surface area contributed by atoms with Crippen molar-refractivity contribution >= 4 is 23.2 Å². The molecule has 2 aromatic carbocycles. The molecule has 5 nitrogen and oxygen atoms in total. The maximum atomic E-state index is 12.8. The highest BCUT2D eigenvalue weighted by Crippen LogP contribution is 2.25. The normalized spacial score (nSPS) is 12.0. The third-order valence-corrected chi connectivity index (χ3v) is 4.84. The summed E-state index contributed by atoms with van der Waals surface area (Å²) in [6.45, 7) is 4.13. The number of hydrogen-bond acceptors (Lipinski definition) is 4. The van der Waals surface area contributed by atoms with E-state index in [-0.39, 0.29) is 12.5 Å². The van der Waals surface area contributed by atoms with Gasteiger partial charge < -0.3 is 9.32 Å². The summed E-state index contributed by atoms with van der Waals surface area (Å²) in [6.07, 6.45) is 1.41. The number of carbonyl (C=O) groups is 1. The van der Waals surface area contributed by atoms with Gasteiger partial charge in [0.25, 0.3) is 0 Å². The molecule has 3 rings (SSSR count). The van der Waals surface area contributed by atoms with Crippen molar-refractivity contribution in [2.45, 2.75) is 38.6 Å². The number of alkyl halides is 1. The van der Waals surface area contributed by atoms with Gasteiger partial charge in [0.15, 0.2) is 0 Å². The van der Waals surface area contributed by atoms with Gasteiger partial charge in [-0.05, 0) is 36.6 Å². The lowest BCUT2D eigenvalue weighted by molar-refractivity contribution is -0.118. The van der Waals surface area contributed by atoms with Crippen LogP contribution in [-0.2, 0) is 17.8 Å². The highest BCUT2D eigenvalue weighted by Gasteiger charge is 2.24. The van der Waals surface area contributed by atoms with Gasteiger partial charge in [-0.25, -0.2) is 0 Å². The van der Waals surface area contributed by atoms with Crippen molar-refractivity contribution in [1.82, 2.24) is 10.2 Å². The van der Waals surface area contributed by atoms with Crippen molar-refractivity contribution in [2.24, 2.45) is 0 Å². The van der Waals surface area contributed by atoms with Gasteiger partial charge in [-0.15, -0.1) is 21.8 Å². The molecule has 27 heavy (non-hydrogen) atoms. The van der Waals surface area contributed by atoms with E-state index in [4.69, 9.17) is 16.0 Å². The Labute approximate surface area is 164 Å². The molecule has 1 unspecified atom stereocenters. The number of aryl methyl sites for hydroxylation is 1. The molecule has 1 amide bonds. The Balaban J connectivity index is 1.89. The maximum Gasteiger partial charge on any atom is 0.248 e. The van der Waals surface area contributed by atoms with Crippen molar-refractivity contribution in [3.63, 3.8) is 0 Å². The van der Waals surface area contributed by atoms with Crippen molar-refractivity contribution < 1.29 is 9.21 Å². The first-order valence-electron chi connectivity index (χ1n) is 9.05. The highest BCUT2D eigenvalue weighted by molar-refractivity contribution is 6.32. The molecule has 1 heterocycles. The average molecular weight is 384 g/mol. The minimum absolute atomic E-state index is 0.174. The lowest BCUT2D eigenvalue weighted by atomic mass is 10.1. The molecule has 0 aliphatic carbocycles. The minimum Gasteiger partial charge on any atom is -0.419 e. The number of carbonyl (C=O) groups excluding carboxylic acids is 1.